The summed E-state index contributed by atoms with van der Waals surface area (Å²) in [5, 5.41) is 8.69. The van der Waals surface area contributed by atoms with Gasteiger partial charge in [0, 0.05) is 11.8 Å². The van der Waals surface area contributed by atoms with E-state index in [0.717, 1.165) is 6.20 Å². The zero-order chi connectivity index (χ0) is 10.0. The quantitative estimate of drug-likeness (QED) is 0.758. The highest BCUT2D eigenvalue weighted by molar-refractivity contribution is 5.93. The fourth-order valence-electron chi connectivity index (χ4n) is 0.976. The molecule has 1 heterocycles. The maximum Gasteiger partial charge on any atom is 0.339 e. The first-order chi connectivity index (χ1) is 6.04. The van der Waals surface area contributed by atoms with Crippen molar-refractivity contribution in [3.8, 4) is 0 Å². The molecule has 0 aromatic carbocycles. The Morgan fingerprint density at radius 3 is 2.62 bits per heavy atom. The number of halogens is 1. The third kappa shape index (κ3) is 1.72. The number of aromatic nitrogens is 1. The number of carbonyl (C=O) groups is 1. The highest BCUT2D eigenvalue weighted by Crippen LogP contribution is 2.18. The van der Waals surface area contributed by atoms with Crippen LogP contribution in [0.1, 0.15) is 22.8 Å². The van der Waals surface area contributed by atoms with Crippen molar-refractivity contribution in [1.82, 2.24) is 4.98 Å². The number of nitrogens with zero attached hydrogens (tertiary/aromatic N) is 1. The molecule has 0 aliphatic rings. The number of carboxylic acid groups (broad SMARTS) is 1. The van der Waals surface area contributed by atoms with Crippen LogP contribution in [0.3, 0.4) is 0 Å². The Bertz CT molecular complexity index is 374. The van der Waals surface area contributed by atoms with Crippen molar-refractivity contribution in [2.24, 2.45) is 0 Å². The summed E-state index contributed by atoms with van der Waals surface area (Å²) in [5.41, 5.74) is 0.333. The average molecular weight is 181 g/mol. The summed E-state index contributed by atoms with van der Waals surface area (Å²) in [6.07, 6.45) is 2.16. The van der Waals surface area contributed by atoms with E-state index in [4.69, 9.17) is 5.11 Å². The van der Waals surface area contributed by atoms with E-state index < -0.39 is 11.8 Å². The molecule has 0 amide bonds. The van der Waals surface area contributed by atoms with Crippen LogP contribution < -0.4 is 0 Å². The fraction of sp³-hybridized carbons (Fsp3) is 0.111. The van der Waals surface area contributed by atoms with E-state index in [2.05, 4.69) is 11.6 Å². The Balaban J connectivity index is 3.43. The topological polar surface area (TPSA) is 50.2 Å². The van der Waals surface area contributed by atoms with E-state index in [1.165, 1.54) is 6.20 Å². The zero-order valence-corrected chi connectivity index (χ0v) is 7.04. The van der Waals surface area contributed by atoms with Crippen LogP contribution in [0.4, 0.5) is 4.39 Å². The number of hydrogen-bond donors (Lipinski definition) is 1. The predicted molar refractivity (Wildman–Crippen MR) is 45.9 cm³/mol. The molecule has 4 heteroatoms. The first-order valence-electron chi connectivity index (χ1n) is 3.56. The largest absolute Gasteiger partial charge is 0.478 e. The third-order valence-electron chi connectivity index (χ3n) is 1.57. The SMILES string of the molecule is C=C(C)c1cncc(F)c1C(=O)O. The molecule has 0 aliphatic carbocycles. The van der Waals surface area contributed by atoms with Crippen molar-refractivity contribution < 1.29 is 14.3 Å². The molecular formula is C9H8FNO2. The Morgan fingerprint density at radius 1 is 1.62 bits per heavy atom. The molecule has 0 atom stereocenters. The number of aromatic carboxylic acids is 1. The van der Waals surface area contributed by atoms with Crippen molar-refractivity contribution >= 4 is 11.5 Å². The maximum absolute atomic E-state index is 13.0. The van der Waals surface area contributed by atoms with Gasteiger partial charge in [-0.15, -0.1) is 0 Å². The van der Waals surface area contributed by atoms with Gasteiger partial charge < -0.3 is 5.11 Å². The van der Waals surface area contributed by atoms with Crippen LogP contribution >= 0.6 is 0 Å². The summed E-state index contributed by atoms with van der Waals surface area (Å²) < 4.78 is 13.0. The van der Waals surface area contributed by atoms with Gasteiger partial charge in [0.1, 0.15) is 5.56 Å². The van der Waals surface area contributed by atoms with Crippen molar-refractivity contribution in [1.29, 1.82) is 0 Å². The Morgan fingerprint density at radius 2 is 2.23 bits per heavy atom. The van der Waals surface area contributed by atoms with Crippen molar-refractivity contribution in [3.05, 3.63) is 35.9 Å². The molecule has 0 aliphatic heterocycles. The standard InChI is InChI=1S/C9H8FNO2/c1-5(2)6-3-11-4-7(10)8(6)9(12)13/h3-4H,1H2,2H3,(H,12,13). The molecule has 0 unspecified atom stereocenters. The Hall–Kier alpha value is -1.71. The summed E-state index contributed by atoms with van der Waals surface area (Å²) >= 11 is 0. The Labute approximate surface area is 74.5 Å². The average Bonchev–Trinajstić information content (AvgIpc) is 2.02. The zero-order valence-electron chi connectivity index (χ0n) is 7.04. The van der Waals surface area contributed by atoms with Gasteiger partial charge in [-0.05, 0) is 12.5 Å². The van der Waals surface area contributed by atoms with Crippen LogP contribution in [0.25, 0.3) is 5.57 Å². The summed E-state index contributed by atoms with van der Waals surface area (Å²) in [4.78, 5) is 14.2. The number of rotatable bonds is 2. The lowest BCUT2D eigenvalue weighted by atomic mass is 10.0. The summed E-state index contributed by atoms with van der Waals surface area (Å²) in [7, 11) is 0. The highest BCUT2D eigenvalue weighted by atomic mass is 19.1. The second-order valence-electron chi connectivity index (χ2n) is 2.63. The van der Waals surface area contributed by atoms with Crippen LogP contribution in [-0.4, -0.2) is 16.1 Å². The van der Waals surface area contributed by atoms with E-state index in [-0.39, 0.29) is 11.1 Å². The third-order valence-corrected chi connectivity index (χ3v) is 1.57. The smallest absolute Gasteiger partial charge is 0.339 e. The predicted octanol–water partition coefficient (Wildman–Crippen LogP) is 1.95. The second kappa shape index (κ2) is 3.35. The van der Waals surface area contributed by atoms with E-state index in [9.17, 15) is 9.18 Å². The molecule has 1 aromatic heterocycles. The number of hydrogen-bond acceptors (Lipinski definition) is 2. The van der Waals surface area contributed by atoms with Gasteiger partial charge in [-0.1, -0.05) is 6.58 Å². The highest BCUT2D eigenvalue weighted by Gasteiger charge is 2.16. The molecule has 1 aromatic rings. The van der Waals surface area contributed by atoms with Crippen LogP contribution in [0.15, 0.2) is 19.0 Å². The van der Waals surface area contributed by atoms with Gasteiger partial charge in [0.2, 0.25) is 0 Å². The van der Waals surface area contributed by atoms with Gasteiger partial charge in [0.15, 0.2) is 5.82 Å². The van der Waals surface area contributed by atoms with Gasteiger partial charge in [-0.25, -0.2) is 9.18 Å². The second-order valence-corrected chi connectivity index (χ2v) is 2.63. The number of allylic oxidation sites excluding steroid dienone is 1. The van der Waals surface area contributed by atoms with Crippen LogP contribution in [0.5, 0.6) is 0 Å². The molecule has 3 nitrogen and oxygen atoms in total. The molecule has 0 saturated heterocycles. The lowest BCUT2D eigenvalue weighted by molar-refractivity contribution is 0.0691. The Kier molecular flexibility index (Phi) is 2.41. The normalized spacial score (nSPS) is 9.69. The maximum atomic E-state index is 13.0. The summed E-state index contributed by atoms with van der Waals surface area (Å²) in [5.74, 6) is -2.15. The first kappa shape index (κ1) is 9.38. The lowest BCUT2D eigenvalue weighted by Crippen LogP contribution is -2.05. The molecule has 1 rings (SSSR count). The van der Waals surface area contributed by atoms with E-state index >= 15 is 0 Å². The molecule has 0 radical (unpaired) electrons. The molecule has 0 saturated carbocycles. The van der Waals surface area contributed by atoms with Crippen molar-refractivity contribution in [3.63, 3.8) is 0 Å². The van der Waals surface area contributed by atoms with Crippen LogP contribution in [0.2, 0.25) is 0 Å². The molecular weight excluding hydrogens is 173 g/mol. The minimum atomic E-state index is -1.31. The minimum Gasteiger partial charge on any atom is -0.478 e. The minimum absolute atomic E-state index is 0.229. The number of carboxylic acids is 1. The van der Waals surface area contributed by atoms with Crippen LogP contribution in [0, 0.1) is 5.82 Å². The first-order valence-corrected chi connectivity index (χ1v) is 3.56. The molecule has 0 fully saturated rings. The molecule has 1 N–H and O–H groups in total. The van der Waals surface area contributed by atoms with E-state index in [1.807, 2.05) is 0 Å². The van der Waals surface area contributed by atoms with Crippen LogP contribution in [-0.2, 0) is 0 Å². The molecule has 13 heavy (non-hydrogen) atoms. The molecule has 68 valence electrons. The lowest BCUT2D eigenvalue weighted by Gasteiger charge is -2.04. The summed E-state index contributed by atoms with van der Waals surface area (Å²) in [6, 6.07) is 0. The molecule has 0 bridgehead atoms. The van der Waals surface area contributed by atoms with Gasteiger partial charge >= 0.3 is 5.97 Å². The van der Waals surface area contributed by atoms with Gasteiger partial charge in [0.25, 0.3) is 0 Å². The summed E-state index contributed by atoms with van der Waals surface area (Å²) in [6.45, 7) is 5.14. The fourth-order valence-corrected chi connectivity index (χ4v) is 0.976. The van der Waals surface area contributed by atoms with E-state index in [1.54, 1.807) is 6.92 Å². The van der Waals surface area contributed by atoms with Gasteiger partial charge in [0.05, 0.1) is 6.20 Å². The van der Waals surface area contributed by atoms with Crippen molar-refractivity contribution in [2.45, 2.75) is 6.92 Å². The number of pyridine rings is 1. The monoisotopic (exact) mass is 181 g/mol. The van der Waals surface area contributed by atoms with Gasteiger partial charge in [-0.3, -0.25) is 4.98 Å². The van der Waals surface area contributed by atoms with E-state index in [0.29, 0.717) is 5.57 Å². The molecule has 0 spiro atoms. The van der Waals surface area contributed by atoms with Crippen molar-refractivity contribution in [2.75, 3.05) is 0 Å². The van der Waals surface area contributed by atoms with Gasteiger partial charge in [-0.2, -0.15) is 0 Å².